The van der Waals surface area contributed by atoms with E-state index in [0.717, 1.165) is 12.1 Å². The van der Waals surface area contributed by atoms with Gasteiger partial charge in [0.2, 0.25) is 0 Å². The van der Waals surface area contributed by atoms with Gasteiger partial charge in [-0.15, -0.1) is 0 Å². The normalized spacial score (nSPS) is 12.7. The molecule has 26 heavy (non-hydrogen) atoms. The Balaban J connectivity index is 3.27. The molecule has 1 aromatic carbocycles. The Kier molecular flexibility index (Phi) is 7.08. The molecule has 0 aliphatic rings. The molecule has 0 fully saturated rings. The molecule has 1 rings (SSSR count). The van der Waals surface area contributed by atoms with Crippen molar-refractivity contribution in [1.82, 2.24) is 0 Å². The number of esters is 1. The van der Waals surface area contributed by atoms with Crippen molar-refractivity contribution < 1.29 is 19.6 Å². The topological polar surface area (TPSA) is 126 Å². The number of ether oxygens (including phenoxy) is 1. The Labute approximate surface area is 155 Å². The number of rotatable bonds is 6. The van der Waals surface area contributed by atoms with Crippen LogP contribution in [0.3, 0.4) is 0 Å². The molecule has 10 heteroatoms. The van der Waals surface area contributed by atoms with E-state index in [2.05, 4.69) is 15.5 Å². The lowest BCUT2D eigenvalue weighted by Gasteiger charge is -2.15. The number of aromatic hydroxyl groups is 1. The number of halogens is 1. The van der Waals surface area contributed by atoms with E-state index in [-0.39, 0.29) is 23.0 Å². The molecule has 0 bridgehead atoms. The van der Waals surface area contributed by atoms with Gasteiger partial charge in [0, 0.05) is 0 Å². The molecule has 0 saturated carbocycles. The number of nitrogens with one attached hydrogen (secondary N) is 1. The number of carbonyl (C=O) groups is 1. The fraction of sp³-hybridized carbons (Fsp3) is 0.438. The van der Waals surface area contributed by atoms with Crippen LogP contribution in [0.15, 0.2) is 22.2 Å². The van der Waals surface area contributed by atoms with Gasteiger partial charge in [0.25, 0.3) is 5.69 Å². The maximum absolute atomic E-state index is 12.1. The smallest absolute Gasteiger partial charge is 0.360 e. The average molecular weight is 385 g/mol. The third-order valence-electron chi connectivity index (χ3n) is 2.86. The first-order chi connectivity index (χ1) is 12.0. The van der Waals surface area contributed by atoms with Gasteiger partial charge < -0.3 is 9.84 Å². The highest BCUT2D eigenvalue weighted by Gasteiger charge is 2.21. The van der Waals surface area contributed by atoms with E-state index in [1.807, 2.05) is 20.8 Å². The monoisotopic (exact) mass is 384 g/mol. The summed E-state index contributed by atoms with van der Waals surface area (Å²) in [6.07, 6.45) is 0. The highest BCUT2D eigenvalue weighted by molar-refractivity contribution is 6.65. The zero-order chi connectivity index (χ0) is 20.1. The first-order valence-corrected chi connectivity index (χ1v) is 8.08. The Morgan fingerprint density at radius 3 is 2.54 bits per heavy atom. The number of anilines is 1. The number of carbonyl (C=O) groups excluding carboxylic acids is 1. The number of nitro groups is 1. The van der Waals surface area contributed by atoms with Crippen LogP contribution in [0.4, 0.5) is 11.4 Å². The van der Waals surface area contributed by atoms with Crippen LogP contribution >= 0.6 is 11.6 Å². The molecule has 2 N–H and O–H groups in total. The fourth-order valence-electron chi connectivity index (χ4n) is 1.93. The van der Waals surface area contributed by atoms with E-state index in [1.165, 1.54) is 0 Å². The zero-order valence-corrected chi connectivity index (χ0v) is 15.9. The van der Waals surface area contributed by atoms with Crippen molar-refractivity contribution in [2.24, 2.45) is 10.1 Å². The summed E-state index contributed by atoms with van der Waals surface area (Å²) in [4.78, 5) is 26.6. The van der Waals surface area contributed by atoms with E-state index in [4.69, 9.17) is 16.3 Å². The predicted octanol–water partition coefficient (Wildman–Crippen LogP) is 3.54. The summed E-state index contributed by atoms with van der Waals surface area (Å²) < 4.78 is 4.96. The third kappa shape index (κ3) is 5.99. The number of hydrogen-bond donors (Lipinski definition) is 2. The number of benzene rings is 1. The van der Waals surface area contributed by atoms with Gasteiger partial charge in [-0.25, -0.2) is 4.79 Å². The second-order valence-corrected chi connectivity index (χ2v) is 6.65. The number of nitro benzene ring substituents is 1. The van der Waals surface area contributed by atoms with Gasteiger partial charge in [0.1, 0.15) is 10.8 Å². The number of hydrogen-bond acceptors (Lipinski definition) is 8. The lowest BCUT2D eigenvalue weighted by Crippen LogP contribution is -2.28. The quantitative estimate of drug-likeness (QED) is 0.254. The minimum Gasteiger partial charge on any atom is -0.505 e. The average Bonchev–Trinajstić information content (AvgIpc) is 2.48. The Morgan fingerprint density at radius 2 is 2.04 bits per heavy atom. The minimum absolute atomic E-state index is 0.00837. The summed E-state index contributed by atoms with van der Waals surface area (Å²) in [6.45, 7) is 8.97. The molecule has 9 nitrogen and oxygen atoms in total. The summed E-state index contributed by atoms with van der Waals surface area (Å²) in [5.74, 6) is -1.14. The van der Waals surface area contributed by atoms with Crippen LogP contribution in [0.5, 0.6) is 5.75 Å². The molecule has 0 saturated heterocycles. The molecular weight excluding hydrogens is 364 g/mol. The number of aliphatic imine (C=N–C) groups is 1. The van der Waals surface area contributed by atoms with Crippen molar-refractivity contribution in [2.75, 3.05) is 12.0 Å². The van der Waals surface area contributed by atoms with Crippen molar-refractivity contribution in [1.29, 1.82) is 0 Å². The van der Waals surface area contributed by atoms with Gasteiger partial charge in [-0.1, -0.05) is 11.6 Å². The summed E-state index contributed by atoms with van der Waals surface area (Å²) in [5, 5.41) is 24.5. The van der Waals surface area contributed by atoms with Gasteiger partial charge in [-0.05, 0) is 40.7 Å². The van der Waals surface area contributed by atoms with Crippen molar-refractivity contribution >= 4 is 40.4 Å². The van der Waals surface area contributed by atoms with Crippen LogP contribution in [0.1, 0.15) is 34.6 Å². The minimum atomic E-state index is -0.723. The van der Waals surface area contributed by atoms with Gasteiger partial charge >= 0.3 is 5.97 Å². The van der Waals surface area contributed by atoms with Crippen LogP contribution in [0.25, 0.3) is 0 Å². The third-order valence-corrected chi connectivity index (χ3v) is 3.17. The zero-order valence-electron chi connectivity index (χ0n) is 15.2. The standard InChI is InChI=1S/C16H21ClN4O5/c1-6-26-15(23)14(9(2)18-16(3,4)5)20-19-11-7-10(17)12(21(24)25)8-13(11)22/h7-8,19,22H,6H2,1-5H3/b18-9?,20-14+. The van der Waals surface area contributed by atoms with Crippen LogP contribution in [0, 0.1) is 10.1 Å². The van der Waals surface area contributed by atoms with E-state index >= 15 is 0 Å². The van der Waals surface area contributed by atoms with Crippen molar-refractivity contribution in [3.05, 3.63) is 27.3 Å². The molecule has 0 spiro atoms. The molecule has 0 heterocycles. The van der Waals surface area contributed by atoms with Crippen LogP contribution in [-0.2, 0) is 9.53 Å². The van der Waals surface area contributed by atoms with E-state index in [9.17, 15) is 20.0 Å². The Hall–Kier alpha value is -2.68. The predicted molar refractivity (Wildman–Crippen MR) is 100 cm³/mol. The molecule has 0 aromatic heterocycles. The second-order valence-electron chi connectivity index (χ2n) is 6.24. The highest BCUT2D eigenvalue weighted by atomic mass is 35.5. The number of phenolic OH excluding ortho intramolecular Hbond substituents is 1. The van der Waals surface area contributed by atoms with Gasteiger partial charge in [0.15, 0.2) is 5.71 Å². The van der Waals surface area contributed by atoms with Crippen molar-refractivity contribution in [3.8, 4) is 5.75 Å². The molecule has 0 aliphatic carbocycles. The summed E-state index contributed by atoms with van der Waals surface area (Å²) >= 11 is 5.82. The lowest BCUT2D eigenvalue weighted by molar-refractivity contribution is -0.384. The first kappa shape index (κ1) is 21.4. The molecule has 0 amide bonds. The van der Waals surface area contributed by atoms with Crippen LogP contribution in [-0.4, -0.2) is 39.6 Å². The van der Waals surface area contributed by atoms with E-state index < -0.39 is 27.9 Å². The summed E-state index contributed by atoms with van der Waals surface area (Å²) in [5.41, 5.74) is 1.81. The maximum atomic E-state index is 12.1. The highest BCUT2D eigenvalue weighted by Crippen LogP contribution is 2.34. The second kappa shape index (κ2) is 8.61. The van der Waals surface area contributed by atoms with E-state index in [0.29, 0.717) is 5.71 Å². The molecule has 0 aliphatic heterocycles. The van der Waals surface area contributed by atoms with Crippen molar-refractivity contribution in [2.45, 2.75) is 40.2 Å². The van der Waals surface area contributed by atoms with Gasteiger partial charge in [0.05, 0.1) is 34.5 Å². The van der Waals surface area contributed by atoms with Crippen molar-refractivity contribution in [3.63, 3.8) is 0 Å². The lowest BCUT2D eigenvalue weighted by atomic mass is 10.1. The number of nitrogens with zero attached hydrogens (tertiary/aromatic N) is 3. The summed E-state index contributed by atoms with van der Waals surface area (Å²) in [7, 11) is 0. The summed E-state index contributed by atoms with van der Waals surface area (Å²) in [6, 6.07) is 2.03. The van der Waals surface area contributed by atoms with Gasteiger partial charge in [-0.2, -0.15) is 5.10 Å². The Morgan fingerprint density at radius 1 is 1.42 bits per heavy atom. The molecular formula is C16H21ClN4O5. The molecule has 142 valence electrons. The first-order valence-electron chi connectivity index (χ1n) is 7.70. The fourth-order valence-corrected chi connectivity index (χ4v) is 2.16. The Bertz CT molecular complexity index is 769. The number of phenols is 1. The van der Waals surface area contributed by atoms with E-state index in [1.54, 1.807) is 13.8 Å². The number of hydrazone groups is 1. The maximum Gasteiger partial charge on any atom is 0.360 e. The SMILES string of the molecule is CCOC(=O)/C(=N/Nc1cc(Cl)c([N+](=O)[O-])cc1O)C(C)=NC(C)(C)C. The molecule has 0 unspecified atom stereocenters. The molecule has 0 radical (unpaired) electrons. The van der Waals surface area contributed by atoms with Crippen LogP contribution in [0.2, 0.25) is 5.02 Å². The van der Waals surface area contributed by atoms with Gasteiger partial charge in [-0.3, -0.25) is 20.5 Å². The molecule has 1 aromatic rings. The largest absolute Gasteiger partial charge is 0.505 e. The van der Waals surface area contributed by atoms with Crippen LogP contribution < -0.4 is 5.43 Å². The molecule has 0 atom stereocenters.